The molecule has 5 heteroatoms. The van der Waals surface area contributed by atoms with Crippen molar-refractivity contribution in [2.45, 2.75) is 45.8 Å². The lowest BCUT2D eigenvalue weighted by molar-refractivity contribution is -0.136. The Morgan fingerprint density at radius 2 is 1.67 bits per heavy atom. The van der Waals surface area contributed by atoms with Gasteiger partial charge in [-0.1, -0.05) is 24.3 Å². The topological polar surface area (TPSA) is 66.8 Å². The van der Waals surface area contributed by atoms with Crippen LogP contribution in [0.3, 0.4) is 0 Å². The number of carboxylic acid groups (broad SMARTS) is 1. The van der Waals surface area contributed by atoms with E-state index in [2.05, 4.69) is 0 Å². The monoisotopic (exact) mass is 293 g/mol. The molecule has 1 rings (SSSR count). The molecule has 1 N–H and O–H groups in total. The molecule has 0 aromatic heterocycles. The summed E-state index contributed by atoms with van der Waals surface area (Å²) < 4.78 is 5.28. The number of carboxylic acids is 1. The zero-order valence-corrected chi connectivity index (χ0v) is 13.0. The summed E-state index contributed by atoms with van der Waals surface area (Å²) in [6.45, 7) is 5.94. The van der Waals surface area contributed by atoms with Gasteiger partial charge in [-0.15, -0.1) is 0 Å². The minimum Gasteiger partial charge on any atom is -0.481 e. The molecule has 1 amide bonds. The first-order valence-electron chi connectivity index (χ1n) is 6.91. The number of carbonyl (C=O) groups excluding carboxylic acids is 1. The fraction of sp³-hybridized carbons (Fsp3) is 0.500. The fourth-order valence-corrected chi connectivity index (χ4v) is 1.74. The average Bonchev–Trinajstić information content (AvgIpc) is 2.35. The third-order valence-electron chi connectivity index (χ3n) is 2.78. The van der Waals surface area contributed by atoms with Crippen LogP contribution in [0.15, 0.2) is 24.3 Å². The van der Waals surface area contributed by atoms with Crippen molar-refractivity contribution in [3.63, 3.8) is 0 Å². The van der Waals surface area contributed by atoms with Crippen LogP contribution in [0, 0.1) is 0 Å². The van der Waals surface area contributed by atoms with E-state index in [1.807, 2.05) is 45.0 Å². The Hall–Kier alpha value is -2.04. The maximum absolute atomic E-state index is 11.8. The minimum atomic E-state index is -0.802. The maximum atomic E-state index is 11.8. The van der Waals surface area contributed by atoms with E-state index in [-0.39, 0.29) is 12.5 Å². The van der Waals surface area contributed by atoms with Crippen molar-refractivity contribution in [3.05, 3.63) is 35.4 Å². The second-order valence-electron chi connectivity index (χ2n) is 6.05. The normalized spacial score (nSPS) is 11.0. The second kappa shape index (κ2) is 7.11. The predicted molar refractivity (Wildman–Crippen MR) is 80.1 cm³/mol. The van der Waals surface area contributed by atoms with Crippen LogP contribution >= 0.6 is 0 Å². The third kappa shape index (κ3) is 6.79. The van der Waals surface area contributed by atoms with E-state index in [9.17, 15) is 9.59 Å². The lowest BCUT2D eigenvalue weighted by atomic mass is 10.1. The Balaban J connectivity index is 2.55. The molecule has 116 valence electrons. The van der Waals surface area contributed by atoms with Crippen LogP contribution < -0.4 is 0 Å². The van der Waals surface area contributed by atoms with Crippen LogP contribution in [0.5, 0.6) is 0 Å². The van der Waals surface area contributed by atoms with E-state index in [1.54, 1.807) is 7.05 Å². The summed E-state index contributed by atoms with van der Waals surface area (Å²) in [5, 5.41) is 8.64. The van der Waals surface area contributed by atoms with Crippen molar-refractivity contribution in [1.82, 2.24) is 4.90 Å². The van der Waals surface area contributed by atoms with Crippen molar-refractivity contribution in [3.8, 4) is 0 Å². The Bertz CT molecular complexity index is 488. The van der Waals surface area contributed by atoms with Crippen LogP contribution in [-0.2, 0) is 22.5 Å². The molecule has 0 saturated carbocycles. The SMILES string of the molecule is CN(Cc1ccc(CCC(=O)O)cc1)C(=O)OC(C)(C)C. The molecule has 21 heavy (non-hydrogen) atoms. The summed E-state index contributed by atoms with van der Waals surface area (Å²) >= 11 is 0. The molecule has 1 aromatic carbocycles. The molecule has 0 aliphatic rings. The van der Waals surface area contributed by atoms with Gasteiger partial charge in [-0.25, -0.2) is 4.79 Å². The summed E-state index contributed by atoms with van der Waals surface area (Å²) in [6, 6.07) is 7.58. The van der Waals surface area contributed by atoms with Gasteiger partial charge in [-0.3, -0.25) is 4.79 Å². The number of aryl methyl sites for hydroxylation is 1. The molecule has 0 bridgehead atoms. The molecule has 0 unspecified atom stereocenters. The van der Waals surface area contributed by atoms with Gasteiger partial charge >= 0.3 is 12.1 Å². The van der Waals surface area contributed by atoms with Gasteiger partial charge in [0.15, 0.2) is 0 Å². The summed E-state index contributed by atoms with van der Waals surface area (Å²) in [5.41, 5.74) is 1.44. The molecular formula is C16H23NO4. The van der Waals surface area contributed by atoms with Crippen LogP contribution in [0.1, 0.15) is 38.3 Å². The second-order valence-corrected chi connectivity index (χ2v) is 6.05. The average molecular weight is 293 g/mol. The van der Waals surface area contributed by atoms with Crippen LogP contribution in [0.25, 0.3) is 0 Å². The third-order valence-corrected chi connectivity index (χ3v) is 2.78. The molecule has 0 fully saturated rings. The maximum Gasteiger partial charge on any atom is 0.410 e. The molecule has 0 heterocycles. The summed E-state index contributed by atoms with van der Waals surface area (Å²) in [6.07, 6.45) is 0.270. The zero-order chi connectivity index (χ0) is 16.0. The number of benzene rings is 1. The Morgan fingerprint density at radius 1 is 1.14 bits per heavy atom. The molecule has 0 aliphatic heterocycles. The Kier molecular flexibility index (Phi) is 5.76. The number of aliphatic carboxylic acids is 1. The van der Waals surface area contributed by atoms with Crippen LogP contribution in [0.4, 0.5) is 4.79 Å². The molecule has 0 atom stereocenters. The number of hydrogen-bond donors (Lipinski definition) is 1. The van der Waals surface area contributed by atoms with E-state index in [1.165, 1.54) is 4.90 Å². The van der Waals surface area contributed by atoms with Crippen molar-refractivity contribution in [2.75, 3.05) is 7.05 Å². The van der Waals surface area contributed by atoms with Gasteiger partial charge in [0.05, 0.1) is 0 Å². The molecule has 0 saturated heterocycles. The molecule has 1 aromatic rings. The minimum absolute atomic E-state index is 0.122. The zero-order valence-electron chi connectivity index (χ0n) is 13.0. The molecular weight excluding hydrogens is 270 g/mol. The Labute approximate surface area is 125 Å². The van der Waals surface area contributed by atoms with Gasteiger partial charge in [0, 0.05) is 20.0 Å². The van der Waals surface area contributed by atoms with E-state index >= 15 is 0 Å². The van der Waals surface area contributed by atoms with Crippen molar-refractivity contribution in [1.29, 1.82) is 0 Å². The number of ether oxygens (including phenoxy) is 1. The van der Waals surface area contributed by atoms with Gasteiger partial charge in [-0.05, 0) is 38.3 Å². The number of hydrogen-bond acceptors (Lipinski definition) is 3. The van der Waals surface area contributed by atoms with Crippen LogP contribution in [-0.4, -0.2) is 34.7 Å². The lowest BCUT2D eigenvalue weighted by Gasteiger charge is -2.24. The summed E-state index contributed by atoms with van der Waals surface area (Å²) in [4.78, 5) is 23.9. The van der Waals surface area contributed by atoms with Gasteiger partial charge in [-0.2, -0.15) is 0 Å². The first-order chi connectivity index (χ1) is 9.67. The van der Waals surface area contributed by atoms with E-state index in [4.69, 9.17) is 9.84 Å². The summed E-state index contributed by atoms with van der Waals surface area (Å²) in [7, 11) is 1.69. The van der Waals surface area contributed by atoms with E-state index in [0.29, 0.717) is 13.0 Å². The highest BCUT2D eigenvalue weighted by Crippen LogP contribution is 2.12. The molecule has 0 aliphatic carbocycles. The molecule has 0 radical (unpaired) electrons. The highest BCUT2D eigenvalue weighted by atomic mass is 16.6. The first-order valence-corrected chi connectivity index (χ1v) is 6.91. The Morgan fingerprint density at radius 3 is 2.14 bits per heavy atom. The number of rotatable bonds is 5. The van der Waals surface area contributed by atoms with Crippen molar-refractivity contribution in [2.24, 2.45) is 0 Å². The number of carbonyl (C=O) groups is 2. The van der Waals surface area contributed by atoms with E-state index < -0.39 is 11.6 Å². The van der Waals surface area contributed by atoms with Gasteiger partial charge in [0.1, 0.15) is 5.60 Å². The standard InChI is InChI=1S/C16H23NO4/c1-16(2,3)21-15(20)17(4)11-13-7-5-12(6-8-13)9-10-14(18)19/h5-8H,9-11H2,1-4H3,(H,18,19). The quantitative estimate of drug-likeness (QED) is 0.906. The highest BCUT2D eigenvalue weighted by molar-refractivity contribution is 5.68. The number of amides is 1. The van der Waals surface area contributed by atoms with Gasteiger partial charge < -0.3 is 14.7 Å². The van der Waals surface area contributed by atoms with Crippen LogP contribution in [0.2, 0.25) is 0 Å². The number of nitrogens with zero attached hydrogens (tertiary/aromatic N) is 1. The van der Waals surface area contributed by atoms with Gasteiger partial charge in [0.25, 0.3) is 0 Å². The van der Waals surface area contributed by atoms with Crippen molar-refractivity contribution < 1.29 is 19.4 Å². The fourth-order valence-electron chi connectivity index (χ4n) is 1.74. The van der Waals surface area contributed by atoms with Gasteiger partial charge in [0.2, 0.25) is 0 Å². The molecule has 5 nitrogen and oxygen atoms in total. The van der Waals surface area contributed by atoms with Crippen molar-refractivity contribution >= 4 is 12.1 Å². The predicted octanol–water partition coefficient (Wildman–Crippen LogP) is 3.07. The summed E-state index contributed by atoms with van der Waals surface area (Å²) in [5.74, 6) is -0.802. The largest absolute Gasteiger partial charge is 0.481 e. The van der Waals surface area contributed by atoms with E-state index in [0.717, 1.165) is 11.1 Å². The highest BCUT2D eigenvalue weighted by Gasteiger charge is 2.19. The lowest BCUT2D eigenvalue weighted by Crippen LogP contribution is -2.33. The molecule has 0 spiro atoms. The first kappa shape index (κ1) is 17.0. The smallest absolute Gasteiger partial charge is 0.410 e.